The molecular weight excluding hydrogens is 442 g/mol. The van der Waals surface area contributed by atoms with E-state index in [2.05, 4.69) is 39.3 Å². The van der Waals surface area contributed by atoms with Gasteiger partial charge in [0, 0.05) is 22.8 Å². The van der Waals surface area contributed by atoms with Crippen molar-refractivity contribution in [3.63, 3.8) is 0 Å². The van der Waals surface area contributed by atoms with E-state index in [-0.39, 0.29) is 18.0 Å². The van der Waals surface area contributed by atoms with Gasteiger partial charge < -0.3 is 9.30 Å². The largest absolute Gasteiger partial charge is 0.497 e. The standard InChI is InChI=1S/C21H19BrClN3O2/c1-12(2)25-19-17(24-21(25)22)20(27)26(15-5-4-6-16(11-15)28-3)18(19)13-7-9-14(23)10-8-13/h4-12,18H,1-3H3. The number of ether oxygens (including phenoxy) is 1. The minimum atomic E-state index is -0.312. The van der Waals surface area contributed by atoms with Crippen LogP contribution in [0.15, 0.2) is 53.3 Å². The van der Waals surface area contributed by atoms with Crippen LogP contribution >= 0.6 is 27.5 Å². The van der Waals surface area contributed by atoms with Gasteiger partial charge >= 0.3 is 0 Å². The summed E-state index contributed by atoms with van der Waals surface area (Å²) < 4.78 is 8.08. The zero-order valence-corrected chi connectivity index (χ0v) is 18.0. The van der Waals surface area contributed by atoms with Crippen molar-refractivity contribution in [2.24, 2.45) is 0 Å². The summed E-state index contributed by atoms with van der Waals surface area (Å²) in [5.74, 6) is 0.556. The van der Waals surface area contributed by atoms with Crippen LogP contribution in [0.2, 0.25) is 5.02 Å². The molecule has 1 aliphatic heterocycles. The van der Waals surface area contributed by atoms with Crippen molar-refractivity contribution >= 4 is 39.1 Å². The second-order valence-electron chi connectivity index (χ2n) is 6.91. The van der Waals surface area contributed by atoms with Gasteiger partial charge in [-0.25, -0.2) is 4.98 Å². The van der Waals surface area contributed by atoms with Crippen LogP contribution in [-0.2, 0) is 0 Å². The van der Waals surface area contributed by atoms with Crippen LogP contribution in [0.3, 0.4) is 0 Å². The Hall–Kier alpha value is -2.31. The number of fused-ring (bicyclic) bond motifs is 1. The lowest BCUT2D eigenvalue weighted by Crippen LogP contribution is -2.30. The highest BCUT2D eigenvalue weighted by molar-refractivity contribution is 9.10. The molecule has 0 bridgehead atoms. The van der Waals surface area contributed by atoms with Crippen molar-refractivity contribution < 1.29 is 9.53 Å². The fraction of sp³-hybridized carbons (Fsp3) is 0.238. The number of benzene rings is 2. The number of anilines is 1. The number of nitrogens with zero attached hydrogens (tertiary/aromatic N) is 3. The summed E-state index contributed by atoms with van der Waals surface area (Å²) in [7, 11) is 1.61. The van der Waals surface area contributed by atoms with Crippen LogP contribution in [0.4, 0.5) is 5.69 Å². The molecule has 2 aromatic carbocycles. The molecule has 0 fully saturated rings. The highest BCUT2D eigenvalue weighted by atomic mass is 79.9. The lowest BCUT2D eigenvalue weighted by atomic mass is 10.0. The Balaban J connectivity index is 1.95. The average molecular weight is 461 g/mol. The Bertz CT molecular complexity index is 1050. The maximum absolute atomic E-state index is 13.4. The number of imidazole rings is 1. The van der Waals surface area contributed by atoms with Crippen molar-refractivity contribution in [1.29, 1.82) is 0 Å². The first kappa shape index (κ1) is 19.0. The van der Waals surface area contributed by atoms with Gasteiger partial charge in [0.15, 0.2) is 10.4 Å². The second-order valence-corrected chi connectivity index (χ2v) is 8.05. The SMILES string of the molecule is COc1cccc(N2C(=O)c3nc(Br)n(C(C)C)c3C2c2ccc(Cl)cc2)c1. The van der Waals surface area contributed by atoms with Crippen LogP contribution in [0.1, 0.15) is 47.7 Å². The molecule has 1 aliphatic rings. The molecule has 5 nitrogen and oxygen atoms in total. The van der Waals surface area contributed by atoms with Crippen molar-refractivity contribution in [2.75, 3.05) is 12.0 Å². The van der Waals surface area contributed by atoms with Crippen molar-refractivity contribution in [3.8, 4) is 5.75 Å². The third kappa shape index (κ3) is 3.01. The molecule has 4 rings (SSSR count). The summed E-state index contributed by atoms with van der Waals surface area (Å²) in [4.78, 5) is 19.7. The zero-order valence-electron chi connectivity index (χ0n) is 15.7. The normalized spacial score (nSPS) is 16.0. The molecule has 1 aromatic heterocycles. The number of halogens is 2. The van der Waals surface area contributed by atoms with Crippen LogP contribution < -0.4 is 9.64 Å². The molecule has 1 unspecified atom stereocenters. The topological polar surface area (TPSA) is 47.4 Å². The molecule has 1 amide bonds. The minimum Gasteiger partial charge on any atom is -0.497 e. The lowest BCUT2D eigenvalue weighted by molar-refractivity contribution is 0.0989. The molecule has 28 heavy (non-hydrogen) atoms. The van der Waals surface area contributed by atoms with E-state index in [1.807, 2.05) is 48.5 Å². The van der Waals surface area contributed by atoms with Gasteiger partial charge in [0.25, 0.3) is 5.91 Å². The summed E-state index contributed by atoms with van der Waals surface area (Å²) in [6.07, 6.45) is 0. The van der Waals surface area contributed by atoms with Gasteiger partial charge in [-0.2, -0.15) is 0 Å². The minimum absolute atomic E-state index is 0.136. The molecule has 3 aromatic rings. The van der Waals surface area contributed by atoms with E-state index in [0.29, 0.717) is 21.2 Å². The Morgan fingerprint density at radius 2 is 1.89 bits per heavy atom. The Morgan fingerprint density at radius 1 is 1.18 bits per heavy atom. The van der Waals surface area contributed by atoms with E-state index >= 15 is 0 Å². The van der Waals surface area contributed by atoms with Gasteiger partial charge in [0.05, 0.1) is 12.8 Å². The van der Waals surface area contributed by atoms with E-state index in [0.717, 1.165) is 16.9 Å². The first-order valence-electron chi connectivity index (χ1n) is 8.93. The number of rotatable bonds is 4. The van der Waals surface area contributed by atoms with Crippen molar-refractivity contribution in [3.05, 3.63) is 75.2 Å². The van der Waals surface area contributed by atoms with Gasteiger partial charge in [-0.3, -0.25) is 9.69 Å². The third-order valence-electron chi connectivity index (χ3n) is 4.88. The summed E-state index contributed by atoms with van der Waals surface area (Å²) in [6.45, 7) is 4.15. The fourth-order valence-corrected chi connectivity index (χ4v) is 4.56. The number of methoxy groups -OCH3 is 1. The van der Waals surface area contributed by atoms with Gasteiger partial charge in [-0.05, 0) is 59.6 Å². The number of hydrogen-bond acceptors (Lipinski definition) is 3. The van der Waals surface area contributed by atoms with Gasteiger partial charge in [-0.1, -0.05) is 29.8 Å². The van der Waals surface area contributed by atoms with Gasteiger partial charge in [-0.15, -0.1) is 0 Å². The Labute approximate surface area is 177 Å². The molecule has 0 N–H and O–H groups in total. The molecule has 0 saturated carbocycles. The monoisotopic (exact) mass is 459 g/mol. The maximum atomic E-state index is 13.4. The average Bonchev–Trinajstić information content (AvgIpc) is 3.16. The molecular formula is C21H19BrClN3O2. The Morgan fingerprint density at radius 3 is 2.54 bits per heavy atom. The highest BCUT2D eigenvalue weighted by Gasteiger charge is 2.44. The third-order valence-corrected chi connectivity index (χ3v) is 5.69. The second kappa shape index (κ2) is 7.26. The molecule has 0 saturated heterocycles. The van der Waals surface area contributed by atoms with Crippen LogP contribution in [-0.4, -0.2) is 22.6 Å². The van der Waals surface area contributed by atoms with E-state index in [4.69, 9.17) is 16.3 Å². The van der Waals surface area contributed by atoms with E-state index < -0.39 is 0 Å². The van der Waals surface area contributed by atoms with Gasteiger partial charge in [0.2, 0.25) is 0 Å². The number of aromatic nitrogens is 2. The first-order valence-corrected chi connectivity index (χ1v) is 10.1. The summed E-state index contributed by atoms with van der Waals surface area (Å²) in [5.41, 5.74) is 3.06. The molecule has 0 spiro atoms. The molecule has 0 radical (unpaired) electrons. The maximum Gasteiger partial charge on any atom is 0.279 e. The van der Waals surface area contributed by atoms with Crippen molar-refractivity contribution in [2.45, 2.75) is 25.9 Å². The van der Waals surface area contributed by atoms with Crippen LogP contribution in [0.5, 0.6) is 5.75 Å². The fourth-order valence-electron chi connectivity index (χ4n) is 3.66. The number of carbonyl (C=O) groups is 1. The van der Waals surface area contributed by atoms with Crippen molar-refractivity contribution in [1.82, 2.24) is 9.55 Å². The van der Waals surface area contributed by atoms with Gasteiger partial charge in [0.1, 0.15) is 11.8 Å². The highest BCUT2D eigenvalue weighted by Crippen LogP contribution is 2.44. The summed E-state index contributed by atoms with van der Waals surface area (Å²) in [6, 6.07) is 14.9. The number of carbonyl (C=O) groups excluding carboxylic acids is 1. The number of amides is 1. The van der Waals surface area contributed by atoms with Crippen LogP contribution in [0.25, 0.3) is 0 Å². The lowest BCUT2D eigenvalue weighted by Gasteiger charge is -2.28. The predicted molar refractivity (Wildman–Crippen MR) is 113 cm³/mol. The molecule has 0 aliphatic carbocycles. The van der Waals surface area contributed by atoms with E-state index in [1.54, 1.807) is 12.0 Å². The summed E-state index contributed by atoms with van der Waals surface area (Å²) in [5, 5.41) is 0.653. The molecule has 144 valence electrons. The number of hydrogen-bond donors (Lipinski definition) is 0. The Kier molecular flexibility index (Phi) is 4.93. The molecule has 7 heteroatoms. The zero-order chi connectivity index (χ0) is 20.0. The predicted octanol–water partition coefficient (Wildman–Crippen LogP) is 5.64. The smallest absolute Gasteiger partial charge is 0.279 e. The first-order chi connectivity index (χ1) is 13.4. The molecule has 2 heterocycles. The van der Waals surface area contributed by atoms with E-state index in [1.165, 1.54) is 0 Å². The summed E-state index contributed by atoms with van der Waals surface area (Å²) >= 11 is 9.63. The van der Waals surface area contributed by atoms with E-state index in [9.17, 15) is 4.79 Å². The quantitative estimate of drug-likeness (QED) is 0.506. The van der Waals surface area contributed by atoms with Crippen LogP contribution in [0, 0.1) is 0 Å². The molecule has 1 atom stereocenters.